The van der Waals surface area contributed by atoms with Gasteiger partial charge < -0.3 is 15.4 Å². The molecule has 1 rings (SSSR count). The summed E-state index contributed by atoms with van der Waals surface area (Å²) in [7, 11) is 1.60. The fourth-order valence-electron chi connectivity index (χ4n) is 1.38. The summed E-state index contributed by atoms with van der Waals surface area (Å²) in [6, 6.07) is 7.31. The van der Waals surface area contributed by atoms with E-state index in [1.165, 1.54) is 0 Å². The molecule has 1 aromatic carbocycles. The summed E-state index contributed by atoms with van der Waals surface area (Å²) in [5.41, 5.74) is 0.751. The number of ether oxygens (including phenoxy) is 1. The molecule has 0 spiro atoms. The molecule has 0 aromatic heterocycles. The third-order valence-corrected chi connectivity index (χ3v) is 2.19. The molecule has 0 fully saturated rings. The predicted octanol–water partition coefficient (Wildman–Crippen LogP) is 1.88. The van der Waals surface area contributed by atoms with Gasteiger partial charge in [-0.3, -0.25) is 4.79 Å². The van der Waals surface area contributed by atoms with Crippen LogP contribution in [0.1, 0.15) is 13.8 Å². The van der Waals surface area contributed by atoms with E-state index in [0.29, 0.717) is 12.5 Å². The maximum Gasteiger partial charge on any atom is 0.238 e. The maximum atomic E-state index is 11.6. The number of methoxy groups -OCH3 is 1. The third-order valence-electron chi connectivity index (χ3n) is 2.19. The molecule has 2 N–H and O–H groups in total. The second kappa shape index (κ2) is 6.91. The fraction of sp³-hybridized carbons (Fsp3) is 0.462. The summed E-state index contributed by atoms with van der Waals surface area (Å²) in [5, 5.41) is 5.90. The standard InChI is InChI=1S/C13H20N2O2/c1-10(2)8-14-9-13(16)15-11-5-4-6-12(7-11)17-3/h4-7,10,14H,8-9H2,1-3H3,(H,15,16). The Morgan fingerprint density at radius 3 is 2.82 bits per heavy atom. The van der Waals surface area contributed by atoms with Crippen LogP contribution in [0.2, 0.25) is 0 Å². The predicted molar refractivity (Wildman–Crippen MR) is 69.3 cm³/mol. The van der Waals surface area contributed by atoms with Gasteiger partial charge in [0.05, 0.1) is 13.7 Å². The Morgan fingerprint density at radius 2 is 2.18 bits per heavy atom. The van der Waals surface area contributed by atoms with Crippen molar-refractivity contribution in [1.82, 2.24) is 5.32 Å². The fourth-order valence-corrected chi connectivity index (χ4v) is 1.38. The first-order chi connectivity index (χ1) is 8.11. The van der Waals surface area contributed by atoms with Crippen molar-refractivity contribution < 1.29 is 9.53 Å². The number of nitrogens with one attached hydrogen (secondary N) is 2. The van der Waals surface area contributed by atoms with Gasteiger partial charge in [-0.2, -0.15) is 0 Å². The minimum Gasteiger partial charge on any atom is -0.497 e. The van der Waals surface area contributed by atoms with Crippen LogP contribution in [0.25, 0.3) is 0 Å². The molecule has 0 atom stereocenters. The van der Waals surface area contributed by atoms with Crippen molar-refractivity contribution in [3.05, 3.63) is 24.3 Å². The van der Waals surface area contributed by atoms with Crippen molar-refractivity contribution in [2.24, 2.45) is 5.92 Å². The molecule has 17 heavy (non-hydrogen) atoms. The van der Waals surface area contributed by atoms with Crippen LogP contribution in [0.5, 0.6) is 5.75 Å². The summed E-state index contributed by atoms with van der Waals surface area (Å²) in [5.74, 6) is 1.23. The van der Waals surface area contributed by atoms with Crippen molar-refractivity contribution >= 4 is 11.6 Å². The van der Waals surface area contributed by atoms with E-state index >= 15 is 0 Å². The van der Waals surface area contributed by atoms with Gasteiger partial charge in [0.25, 0.3) is 0 Å². The van der Waals surface area contributed by atoms with Gasteiger partial charge in [-0.1, -0.05) is 19.9 Å². The summed E-state index contributed by atoms with van der Waals surface area (Å²) in [6.45, 7) is 5.38. The van der Waals surface area contributed by atoms with Gasteiger partial charge >= 0.3 is 0 Å². The molecule has 0 saturated carbocycles. The average Bonchev–Trinajstić information content (AvgIpc) is 2.28. The molecule has 0 aliphatic carbocycles. The molecule has 0 radical (unpaired) electrons. The van der Waals surface area contributed by atoms with E-state index in [0.717, 1.165) is 18.0 Å². The van der Waals surface area contributed by atoms with E-state index in [1.807, 2.05) is 18.2 Å². The van der Waals surface area contributed by atoms with Crippen LogP contribution in [-0.4, -0.2) is 26.1 Å². The second-order valence-electron chi connectivity index (χ2n) is 4.30. The lowest BCUT2D eigenvalue weighted by Gasteiger charge is -2.09. The number of hydrogen-bond donors (Lipinski definition) is 2. The average molecular weight is 236 g/mol. The summed E-state index contributed by atoms with van der Waals surface area (Å²) < 4.78 is 5.08. The lowest BCUT2D eigenvalue weighted by molar-refractivity contribution is -0.115. The molecule has 4 nitrogen and oxygen atoms in total. The van der Waals surface area contributed by atoms with E-state index in [-0.39, 0.29) is 5.91 Å². The molecule has 0 unspecified atom stereocenters. The number of benzene rings is 1. The molecule has 0 saturated heterocycles. The molecule has 0 bridgehead atoms. The Balaban J connectivity index is 2.39. The van der Waals surface area contributed by atoms with Gasteiger partial charge in [-0.15, -0.1) is 0 Å². The minimum atomic E-state index is -0.0427. The lowest BCUT2D eigenvalue weighted by atomic mass is 10.2. The highest BCUT2D eigenvalue weighted by atomic mass is 16.5. The number of rotatable bonds is 6. The second-order valence-corrected chi connectivity index (χ2v) is 4.30. The van der Waals surface area contributed by atoms with E-state index in [4.69, 9.17) is 4.74 Å². The highest BCUT2D eigenvalue weighted by molar-refractivity contribution is 5.92. The largest absolute Gasteiger partial charge is 0.497 e. The molecule has 1 aromatic rings. The quantitative estimate of drug-likeness (QED) is 0.793. The van der Waals surface area contributed by atoms with Crippen LogP contribution in [0, 0.1) is 5.92 Å². The molecular formula is C13H20N2O2. The number of carbonyl (C=O) groups excluding carboxylic acids is 1. The SMILES string of the molecule is COc1cccc(NC(=O)CNCC(C)C)c1. The maximum absolute atomic E-state index is 11.6. The molecule has 1 amide bonds. The van der Waals surface area contributed by atoms with E-state index in [1.54, 1.807) is 13.2 Å². The highest BCUT2D eigenvalue weighted by Crippen LogP contribution is 2.16. The topological polar surface area (TPSA) is 50.4 Å². The van der Waals surface area contributed by atoms with Gasteiger partial charge in [0.1, 0.15) is 5.75 Å². The Bertz CT molecular complexity index is 364. The van der Waals surface area contributed by atoms with Crippen LogP contribution in [0.3, 0.4) is 0 Å². The van der Waals surface area contributed by atoms with E-state index in [9.17, 15) is 4.79 Å². The summed E-state index contributed by atoms with van der Waals surface area (Å²) in [4.78, 5) is 11.6. The Labute approximate surface area is 102 Å². The molecule has 0 aliphatic rings. The van der Waals surface area contributed by atoms with Gasteiger partial charge in [0.15, 0.2) is 0 Å². The van der Waals surface area contributed by atoms with Crippen molar-refractivity contribution in [3.63, 3.8) is 0 Å². The first-order valence-corrected chi connectivity index (χ1v) is 5.76. The molecule has 94 valence electrons. The van der Waals surface area contributed by atoms with Crippen LogP contribution in [0.4, 0.5) is 5.69 Å². The Hall–Kier alpha value is -1.55. The van der Waals surface area contributed by atoms with Crippen molar-refractivity contribution in [2.75, 3.05) is 25.5 Å². The van der Waals surface area contributed by atoms with Gasteiger partial charge in [-0.25, -0.2) is 0 Å². The van der Waals surface area contributed by atoms with Crippen LogP contribution in [0.15, 0.2) is 24.3 Å². The van der Waals surface area contributed by atoms with Gasteiger partial charge in [-0.05, 0) is 24.6 Å². The zero-order valence-electron chi connectivity index (χ0n) is 10.6. The smallest absolute Gasteiger partial charge is 0.238 e. The molecule has 0 aliphatic heterocycles. The number of anilines is 1. The van der Waals surface area contributed by atoms with Gasteiger partial charge in [0.2, 0.25) is 5.91 Å². The van der Waals surface area contributed by atoms with Crippen molar-refractivity contribution in [1.29, 1.82) is 0 Å². The van der Waals surface area contributed by atoms with Crippen molar-refractivity contribution in [2.45, 2.75) is 13.8 Å². The monoisotopic (exact) mass is 236 g/mol. The van der Waals surface area contributed by atoms with E-state index in [2.05, 4.69) is 24.5 Å². The summed E-state index contributed by atoms with van der Waals surface area (Å²) >= 11 is 0. The van der Waals surface area contributed by atoms with Crippen LogP contribution < -0.4 is 15.4 Å². The lowest BCUT2D eigenvalue weighted by Crippen LogP contribution is -2.30. The molecule has 4 heteroatoms. The minimum absolute atomic E-state index is 0.0427. The molecule has 0 heterocycles. The van der Waals surface area contributed by atoms with Crippen molar-refractivity contribution in [3.8, 4) is 5.75 Å². The van der Waals surface area contributed by atoms with Crippen LogP contribution >= 0.6 is 0 Å². The van der Waals surface area contributed by atoms with E-state index < -0.39 is 0 Å². The first kappa shape index (κ1) is 13.5. The first-order valence-electron chi connectivity index (χ1n) is 5.76. The Kier molecular flexibility index (Phi) is 5.49. The normalized spacial score (nSPS) is 10.4. The van der Waals surface area contributed by atoms with Gasteiger partial charge in [0, 0.05) is 11.8 Å². The van der Waals surface area contributed by atoms with Crippen LogP contribution in [-0.2, 0) is 4.79 Å². The Morgan fingerprint density at radius 1 is 1.41 bits per heavy atom. The number of carbonyl (C=O) groups is 1. The highest BCUT2D eigenvalue weighted by Gasteiger charge is 2.03. The molecular weight excluding hydrogens is 216 g/mol. The zero-order chi connectivity index (χ0) is 12.7. The zero-order valence-corrected chi connectivity index (χ0v) is 10.6. The summed E-state index contributed by atoms with van der Waals surface area (Å²) in [6.07, 6.45) is 0. The number of amides is 1. The third kappa shape index (κ3) is 5.36. The number of hydrogen-bond acceptors (Lipinski definition) is 3.